The first kappa shape index (κ1) is 23.1. The molecule has 32 heavy (non-hydrogen) atoms. The van der Waals surface area contributed by atoms with Gasteiger partial charge in [0.25, 0.3) is 5.78 Å². The number of carboxylic acids is 1. The quantitative estimate of drug-likeness (QED) is 0.270. The molecule has 1 heterocycles. The smallest absolute Gasteiger partial charge is 0.377 e. The summed E-state index contributed by atoms with van der Waals surface area (Å²) in [5.74, 6) is -1.80. The summed E-state index contributed by atoms with van der Waals surface area (Å²) in [6.45, 7) is 4.25. The summed E-state index contributed by atoms with van der Waals surface area (Å²) in [6.07, 6.45) is 2.23. The van der Waals surface area contributed by atoms with Crippen LogP contribution in [0.2, 0.25) is 0 Å². The van der Waals surface area contributed by atoms with Gasteiger partial charge in [0.1, 0.15) is 17.1 Å². The van der Waals surface area contributed by atoms with Crippen LogP contribution in [0.4, 0.5) is 0 Å². The largest absolute Gasteiger partial charge is 0.507 e. The summed E-state index contributed by atoms with van der Waals surface area (Å²) < 4.78 is 11.4. The lowest BCUT2D eigenvalue weighted by Crippen LogP contribution is -2.20. The monoisotopic (exact) mass is 438 g/mol. The van der Waals surface area contributed by atoms with Gasteiger partial charge in [-0.15, -0.1) is 0 Å². The average molecular weight is 438 g/mol. The van der Waals surface area contributed by atoms with E-state index in [4.69, 9.17) is 14.3 Å². The number of ether oxygens (including phenoxy) is 1. The summed E-state index contributed by atoms with van der Waals surface area (Å²) in [5, 5.41) is 19.8. The van der Waals surface area contributed by atoms with Crippen LogP contribution in [0.15, 0.2) is 57.7 Å². The highest BCUT2D eigenvalue weighted by atomic mass is 16.5. The molecule has 0 spiro atoms. The Kier molecular flexibility index (Phi) is 7.30. The molecule has 1 atom stereocenters. The van der Waals surface area contributed by atoms with Gasteiger partial charge in [0.2, 0.25) is 0 Å². The molecule has 168 valence electrons. The summed E-state index contributed by atoms with van der Waals surface area (Å²) >= 11 is 0. The molecular weight excluding hydrogens is 412 g/mol. The number of para-hydroxylation sites is 1. The lowest BCUT2D eigenvalue weighted by molar-refractivity contribution is -0.131. The second-order valence-corrected chi connectivity index (χ2v) is 8.12. The van der Waals surface area contributed by atoms with Crippen LogP contribution >= 0.6 is 0 Å². The molecule has 7 heteroatoms. The Morgan fingerprint density at radius 1 is 1.03 bits per heavy atom. The minimum Gasteiger partial charge on any atom is -0.507 e. The number of hydrogen-bond donors (Lipinski definition) is 2. The molecule has 0 saturated heterocycles. The van der Waals surface area contributed by atoms with E-state index in [0.717, 1.165) is 18.6 Å². The van der Waals surface area contributed by atoms with Crippen molar-refractivity contribution in [1.82, 2.24) is 0 Å². The van der Waals surface area contributed by atoms with Gasteiger partial charge in [0.05, 0.1) is 17.1 Å². The van der Waals surface area contributed by atoms with Gasteiger partial charge in [-0.2, -0.15) is 0 Å². The van der Waals surface area contributed by atoms with E-state index in [-0.39, 0.29) is 40.4 Å². The molecule has 1 unspecified atom stereocenters. The van der Waals surface area contributed by atoms with E-state index in [0.29, 0.717) is 12.3 Å². The molecule has 0 fully saturated rings. The van der Waals surface area contributed by atoms with Crippen LogP contribution in [0.3, 0.4) is 0 Å². The second kappa shape index (κ2) is 10.1. The molecule has 2 aromatic carbocycles. The standard InChI is InChI=1S/C25H26O7/c1-15(2)8-10-18(31-17-6-4-3-5-7-17)11-12-19-23(27)20-14-16(22(26)24(28)29)9-13-21(20)32-25(19)30/h3-7,9,13-15,18,27H,8,10-12H2,1-2H3,(H,28,29). The Balaban J connectivity index is 1.87. The van der Waals surface area contributed by atoms with Gasteiger partial charge < -0.3 is 19.4 Å². The fraction of sp³-hybridized carbons (Fsp3) is 0.320. The normalized spacial score (nSPS) is 12.1. The number of ketones is 1. The van der Waals surface area contributed by atoms with E-state index in [1.807, 2.05) is 30.3 Å². The van der Waals surface area contributed by atoms with Crippen molar-refractivity contribution in [1.29, 1.82) is 0 Å². The number of aromatic hydroxyl groups is 1. The van der Waals surface area contributed by atoms with Crippen molar-refractivity contribution in [2.45, 2.75) is 45.6 Å². The maximum Gasteiger partial charge on any atom is 0.377 e. The van der Waals surface area contributed by atoms with Crippen LogP contribution in [0.25, 0.3) is 11.0 Å². The zero-order valence-corrected chi connectivity index (χ0v) is 18.0. The molecule has 3 aromatic rings. The lowest BCUT2D eigenvalue weighted by Gasteiger charge is -2.20. The van der Waals surface area contributed by atoms with Gasteiger partial charge in [0, 0.05) is 5.56 Å². The van der Waals surface area contributed by atoms with Gasteiger partial charge in [-0.1, -0.05) is 32.0 Å². The molecule has 0 radical (unpaired) electrons. The summed E-state index contributed by atoms with van der Waals surface area (Å²) in [5.41, 5.74) is -0.629. The number of benzene rings is 2. The topological polar surface area (TPSA) is 114 Å². The zero-order valence-electron chi connectivity index (χ0n) is 18.0. The molecule has 0 saturated carbocycles. The third kappa shape index (κ3) is 5.55. The minimum atomic E-state index is -1.60. The van der Waals surface area contributed by atoms with Crippen molar-refractivity contribution in [2.75, 3.05) is 0 Å². The highest BCUT2D eigenvalue weighted by Gasteiger charge is 2.20. The Hall–Kier alpha value is -3.61. The van der Waals surface area contributed by atoms with Crippen molar-refractivity contribution in [3.63, 3.8) is 0 Å². The number of carboxylic acid groups (broad SMARTS) is 1. The van der Waals surface area contributed by atoms with Gasteiger partial charge in [-0.3, -0.25) is 4.79 Å². The molecule has 0 bridgehead atoms. The lowest BCUT2D eigenvalue weighted by atomic mass is 9.99. The SMILES string of the molecule is CC(C)CCC(CCc1c(O)c2cc(C(=O)C(=O)O)ccc2oc1=O)Oc1ccccc1. The number of carbonyl (C=O) groups is 2. The van der Waals surface area contributed by atoms with Crippen molar-refractivity contribution in [2.24, 2.45) is 5.92 Å². The van der Waals surface area contributed by atoms with Gasteiger partial charge >= 0.3 is 11.6 Å². The summed E-state index contributed by atoms with van der Waals surface area (Å²) in [7, 11) is 0. The number of hydrogen-bond acceptors (Lipinski definition) is 6. The van der Waals surface area contributed by atoms with E-state index in [9.17, 15) is 19.5 Å². The second-order valence-electron chi connectivity index (χ2n) is 8.12. The third-order valence-electron chi connectivity index (χ3n) is 5.25. The van der Waals surface area contributed by atoms with E-state index in [1.165, 1.54) is 18.2 Å². The molecule has 0 aliphatic carbocycles. The first-order valence-electron chi connectivity index (χ1n) is 10.5. The van der Waals surface area contributed by atoms with Gasteiger partial charge in [-0.25, -0.2) is 9.59 Å². The van der Waals surface area contributed by atoms with Crippen LogP contribution in [-0.2, 0) is 11.2 Å². The number of carbonyl (C=O) groups excluding carboxylic acids is 1. The van der Waals surface area contributed by atoms with Crippen molar-refractivity contribution in [3.05, 3.63) is 70.1 Å². The van der Waals surface area contributed by atoms with Crippen molar-refractivity contribution < 1.29 is 29.0 Å². The fourth-order valence-corrected chi connectivity index (χ4v) is 3.49. The average Bonchev–Trinajstić information content (AvgIpc) is 2.77. The molecule has 3 rings (SSSR count). The number of Topliss-reactive ketones (excluding diaryl/α,β-unsaturated/α-hetero) is 1. The molecule has 7 nitrogen and oxygen atoms in total. The summed E-state index contributed by atoms with van der Waals surface area (Å²) in [4.78, 5) is 35.2. The maximum absolute atomic E-state index is 12.5. The molecule has 0 aliphatic rings. The Labute approximate surface area is 185 Å². The van der Waals surface area contributed by atoms with Crippen LogP contribution in [0.5, 0.6) is 11.5 Å². The number of rotatable bonds is 10. The summed E-state index contributed by atoms with van der Waals surface area (Å²) in [6, 6.07) is 13.2. The Bertz CT molecular complexity index is 1160. The number of fused-ring (bicyclic) bond motifs is 1. The maximum atomic E-state index is 12.5. The fourth-order valence-electron chi connectivity index (χ4n) is 3.49. The molecular formula is C25H26O7. The van der Waals surface area contributed by atoms with Crippen LogP contribution in [-0.4, -0.2) is 28.1 Å². The zero-order chi connectivity index (χ0) is 23.3. The van der Waals surface area contributed by atoms with Gasteiger partial charge in [0.15, 0.2) is 0 Å². The highest BCUT2D eigenvalue weighted by molar-refractivity contribution is 6.40. The van der Waals surface area contributed by atoms with Crippen molar-refractivity contribution >= 4 is 22.7 Å². The predicted octanol–water partition coefficient (Wildman–Crippen LogP) is 4.58. The van der Waals surface area contributed by atoms with Gasteiger partial charge in [-0.05, 0) is 61.9 Å². The molecule has 0 aliphatic heterocycles. The van der Waals surface area contributed by atoms with E-state index < -0.39 is 17.4 Å². The molecule has 1 aromatic heterocycles. The molecule has 2 N–H and O–H groups in total. The number of aliphatic carboxylic acids is 1. The van der Waals surface area contributed by atoms with E-state index >= 15 is 0 Å². The predicted molar refractivity (Wildman–Crippen MR) is 119 cm³/mol. The van der Waals surface area contributed by atoms with Crippen molar-refractivity contribution in [3.8, 4) is 11.5 Å². The molecule has 0 amide bonds. The van der Waals surface area contributed by atoms with E-state index in [2.05, 4.69) is 13.8 Å². The minimum absolute atomic E-state index is 0.0728. The third-order valence-corrected chi connectivity index (χ3v) is 5.25. The first-order chi connectivity index (χ1) is 15.3. The Morgan fingerprint density at radius 2 is 1.75 bits per heavy atom. The van der Waals surface area contributed by atoms with Crippen LogP contribution < -0.4 is 10.4 Å². The van der Waals surface area contributed by atoms with Crippen LogP contribution in [0.1, 0.15) is 49.0 Å². The highest BCUT2D eigenvalue weighted by Crippen LogP contribution is 2.29. The van der Waals surface area contributed by atoms with Crippen LogP contribution in [0, 0.1) is 5.92 Å². The first-order valence-corrected chi connectivity index (χ1v) is 10.5. The Morgan fingerprint density at radius 3 is 2.41 bits per heavy atom. The van der Waals surface area contributed by atoms with E-state index in [1.54, 1.807) is 0 Å².